The number of methoxy groups -OCH3 is 1. The molecule has 0 unspecified atom stereocenters. The fourth-order valence-corrected chi connectivity index (χ4v) is 1.99. The second-order valence-corrected chi connectivity index (χ2v) is 4.52. The van der Waals surface area contributed by atoms with Gasteiger partial charge in [-0.2, -0.15) is 0 Å². The summed E-state index contributed by atoms with van der Waals surface area (Å²) in [6.45, 7) is 1.75. The van der Waals surface area contributed by atoms with Crippen molar-refractivity contribution in [1.29, 1.82) is 0 Å². The average Bonchev–Trinajstić information content (AvgIpc) is 2.55. The summed E-state index contributed by atoms with van der Waals surface area (Å²) in [5.41, 5.74) is 1.28. The summed E-state index contributed by atoms with van der Waals surface area (Å²) in [4.78, 5) is 11.9. The first kappa shape index (κ1) is 15.1. The van der Waals surface area contributed by atoms with Gasteiger partial charge in [-0.15, -0.1) is 0 Å². The van der Waals surface area contributed by atoms with E-state index in [1.807, 2.05) is 19.1 Å². The van der Waals surface area contributed by atoms with Crippen molar-refractivity contribution in [3.8, 4) is 17.2 Å². The van der Waals surface area contributed by atoms with Crippen LogP contribution in [0, 0.1) is 0 Å². The SMILES string of the molecule is CCC(=O)c1ccccc1Oc1ccc(CO)cc1OC. The zero-order valence-corrected chi connectivity index (χ0v) is 12.1. The summed E-state index contributed by atoms with van der Waals surface area (Å²) in [5, 5.41) is 9.15. The molecule has 4 heteroatoms. The van der Waals surface area contributed by atoms with Crippen molar-refractivity contribution >= 4 is 5.78 Å². The zero-order chi connectivity index (χ0) is 15.2. The van der Waals surface area contributed by atoms with Gasteiger partial charge in [0.2, 0.25) is 0 Å². The van der Waals surface area contributed by atoms with Crippen LogP contribution in [0.5, 0.6) is 17.2 Å². The topological polar surface area (TPSA) is 55.8 Å². The maximum atomic E-state index is 11.9. The van der Waals surface area contributed by atoms with Crippen LogP contribution in [0.1, 0.15) is 29.3 Å². The molecule has 2 aromatic carbocycles. The predicted octanol–water partition coefficient (Wildman–Crippen LogP) is 3.57. The summed E-state index contributed by atoms with van der Waals surface area (Å²) in [6.07, 6.45) is 0.418. The van der Waals surface area contributed by atoms with Gasteiger partial charge in [0.05, 0.1) is 19.3 Å². The molecule has 0 atom stereocenters. The van der Waals surface area contributed by atoms with E-state index in [0.717, 1.165) is 5.56 Å². The number of hydrogen-bond acceptors (Lipinski definition) is 4. The van der Waals surface area contributed by atoms with E-state index in [2.05, 4.69) is 0 Å². The van der Waals surface area contributed by atoms with Gasteiger partial charge < -0.3 is 14.6 Å². The molecule has 1 N–H and O–H groups in total. The minimum Gasteiger partial charge on any atom is -0.493 e. The van der Waals surface area contributed by atoms with Crippen LogP contribution in [0.3, 0.4) is 0 Å². The molecule has 0 aliphatic carbocycles. The first-order valence-corrected chi connectivity index (χ1v) is 6.77. The van der Waals surface area contributed by atoms with Crippen molar-refractivity contribution in [1.82, 2.24) is 0 Å². The minimum absolute atomic E-state index is 0.0246. The number of ketones is 1. The molecule has 110 valence electrons. The average molecular weight is 286 g/mol. The summed E-state index contributed by atoms with van der Waals surface area (Å²) in [7, 11) is 1.53. The second-order valence-electron chi connectivity index (χ2n) is 4.52. The van der Waals surface area contributed by atoms with E-state index in [1.165, 1.54) is 7.11 Å². The van der Waals surface area contributed by atoms with Crippen molar-refractivity contribution < 1.29 is 19.4 Å². The molecule has 0 amide bonds. The molecule has 4 nitrogen and oxygen atoms in total. The zero-order valence-electron chi connectivity index (χ0n) is 12.1. The number of benzene rings is 2. The molecule has 2 aromatic rings. The maximum absolute atomic E-state index is 11.9. The predicted molar refractivity (Wildman–Crippen MR) is 80.1 cm³/mol. The summed E-state index contributed by atoms with van der Waals surface area (Å²) in [5.74, 6) is 1.54. The lowest BCUT2D eigenvalue weighted by atomic mass is 10.1. The number of para-hydroxylation sites is 1. The Kier molecular flexibility index (Phi) is 4.95. The highest BCUT2D eigenvalue weighted by Gasteiger charge is 2.13. The highest BCUT2D eigenvalue weighted by atomic mass is 16.5. The fraction of sp³-hybridized carbons (Fsp3) is 0.235. The van der Waals surface area contributed by atoms with Crippen LogP contribution < -0.4 is 9.47 Å². The van der Waals surface area contributed by atoms with E-state index in [9.17, 15) is 4.79 Å². The molecule has 0 aromatic heterocycles. The fourth-order valence-electron chi connectivity index (χ4n) is 1.99. The smallest absolute Gasteiger partial charge is 0.169 e. The molecule has 21 heavy (non-hydrogen) atoms. The van der Waals surface area contributed by atoms with Crippen molar-refractivity contribution in [3.05, 3.63) is 53.6 Å². The molecular weight excluding hydrogens is 268 g/mol. The monoisotopic (exact) mass is 286 g/mol. The summed E-state index contributed by atoms with van der Waals surface area (Å²) >= 11 is 0. The van der Waals surface area contributed by atoms with Gasteiger partial charge in [0, 0.05) is 6.42 Å². The number of rotatable bonds is 6. The lowest BCUT2D eigenvalue weighted by molar-refractivity contribution is 0.0986. The molecule has 0 spiro atoms. The van der Waals surface area contributed by atoms with Gasteiger partial charge in [0.25, 0.3) is 0 Å². The number of aliphatic hydroxyl groups is 1. The Balaban J connectivity index is 2.36. The van der Waals surface area contributed by atoms with E-state index >= 15 is 0 Å². The standard InChI is InChI=1S/C17H18O4/c1-3-14(19)13-6-4-5-7-15(13)21-16-9-8-12(11-18)10-17(16)20-2/h4-10,18H,3,11H2,1-2H3. The minimum atomic E-state index is -0.0679. The van der Waals surface area contributed by atoms with Crippen LogP contribution >= 0.6 is 0 Å². The van der Waals surface area contributed by atoms with Gasteiger partial charge in [-0.25, -0.2) is 0 Å². The van der Waals surface area contributed by atoms with E-state index in [-0.39, 0.29) is 12.4 Å². The van der Waals surface area contributed by atoms with Gasteiger partial charge >= 0.3 is 0 Å². The van der Waals surface area contributed by atoms with Crippen LogP contribution in [0.15, 0.2) is 42.5 Å². The Labute approximate surface area is 123 Å². The van der Waals surface area contributed by atoms with Crippen LogP contribution in [-0.4, -0.2) is 18.0 Å². The van der Waals surface area contributed by atoms with Gasteiger partial charge in [-0.3, -0.25) is 4.79 Å². The van der Waals surface area contributed by atoms with Crippen molar-refractivity contribution in [2.75, 3.05) is 7.11 Å². The van der Waals surface area contributed by atoms with E-state index in [1.54, 1.807) is 30.3 Å². The van der Waals surface area contributed by atoms with Gasteiger partial charge in [-0.1, -0.05) is 25.1 Å². The Morgan fingerprint density at radius 3 is 2.52 bits per heavy atom. The molecule has 0 aliphatic rings. The highest BCUT2D eigenvalue weighted by molar-refractivity contribution is 5.98. The Morgan fingerprint density at radius 2 is 1.86 bits per heavy atom. The third-order valence-corrected chi connectivity index (χ3v) is 3.14. The maximum Gasteiger partial charge on any atom is 0.169 e. The third-order valence-electron chi connectivity index (χ3n) is 3.14. The van der Waals surface area contributed by atoms with Gasteiger partial charge in [0.15, 0.2) is 17.3 Å². The van der Waals surface area contributed by atoms with Crippen LogP contribution in [-0.2, 0) is 6.61 Å². The van der Waals surface area contributed by atoms with Crippen LogP contribution in [0.4, 0.5) is 0 Å². The molecule has 0 fully saturated rings. The molecule has 0 heterocycles. The van der Waals surface area contributed by atoms with E-state index in [0.29, 0.717) is 29.2 Å². The first-order chi connectivity index (χ1) is 10.2. The molecular formula is C17H18O4. The second kappa shape index (κ2) is 6.90. The number of carbonyl (C=O) groups is 1. The third kappa shape index (κ3) is 3.41. The number of aliphatic hydroxyl groups excluding tert-OH is 1. The van der Waals surface area contributed by atoms with Crippen LogP contribution in [0.25, 0.3) is 0 Å². The quantitative estimate of drug-likeness (QED) is 0.825. The van der Waals surface area contributed by atoms with Crippen LogP contribution in [0.2, 0.25) is 0 Å². The first-order valence-electron chi connectivity index (χ1n) is 6.77. The Bertz CT molecular complexity index is 634. The lowest BCUT2D eigenvalue weighted by Gasteiger charge is -2.13. The molecule has 0 radical (unpaired) electrons. The highest BCUT2D eigenvalue weighted by Crippen LogP contribution is 2.34. The van der Waals surface area contributed by atoms with Gasteiger partial charge in [0.1, 0.15) is 5.75 Å². The molecule has 0 saturated heterocycles. The molecule has 2 rings (SSSR count). The van der Waals surface area contributed by atoms with E-state index < -0.39 is 0 Å². The normalized spacial score (nSPS) is 10.2. The Hall–Kier alpha value is -2.33. The van der Waals surface area contributed by atoms with E-state index in [4.69, 9.17) is 14.6 Å². The van der Waals surface area contributed by atoms with Gasteiger partial charge in [-0.05, 0) is 29.8 Å². The Morgan fingerprint density at radius 1 is 1.10 bits per heavy atom. The summed E-state index contributed by atoms with van der Waals surface area (Å²) in [6, 6.07) is 12.3. The largest absolute Gasteiger partial charge is 0.493 e. The molecule has 0 aliphatic heterocycles. The number of Topliss-reactive ketones (excluding diaryl/α,β-unsaturated/α-hetero) is 1. The number of hydrogen-bond donors (Lipinski definition) is 1. The van der Waals surface area contributed by atoms with Crippen molar-refractivity contribution in [3.63, 3.8) is 0 Å². The summed E-state index contributed by atoms with van der Waals surface area (Å²) < 4.78 is 11.1. The molecule has 0 bridgehead atoms. The van der Waals surface area contributed by atoms with Crippen molar-refractivity contribution in [2.45, 2.75) is 20.0 Å². The lowest BCUT2D eigenvalue weighted by Crippen LogP contribution is -2.00. The van der Waals surface area contributed by atoms with Crippen molar-refractivity contribution in [2.24, 2.45) is 0 Å². The number of carbonyl (C=O) groups excluding carboxylic acids is 1. The number of ether oxygens (including phenoxy) is 2. The molecule has 0 saturated carbocycles.